The minimum absolute atomic E-state index is 0.146. The van der Waals surface area contributed by atoms with Gasteiger partial charge in [0.1, 0.15) is 0 Å². The van der Waals surface area contributed by atoms with E-state index >= 15 is 0 Å². The lowest BCUT2D eigenvalue weighted by Crippen LogP contribution is -2.01. The van der Waals surface area contributed by atoms with Gasteiger partial charge in [-0.3, -0.25) is 4.79 Å². The molecule has 1 unspecified atom stereocenters. The summed E-state index contributed by atoms with van der Waals surface area (Å²) in [5.41, 5.74) is 0. The standard InChI is InChI=1S/C9H18O3/c1-8(10)6-4-3-5-7-9(11)12-2/h8,10H,3-7H2,1-2H3. The van der Waals surface area contributed by atoms with E-state index < -0.39 is 0 Å². The van der Waals surface area contributed by atoms with Crippen LogP contribution in [0.25, 0.3) is 0 Å². The van der Waals surface area contributed by atoms with Crippen molar-refractivity contribution < 1.29 is 14.6 Å². The van der Waals surface area contributed by atoms with Crippen molar-refractivity contribution in [3.63, 3.8) is 0 Å². The van der Waals surface area contributed by atoms with Crippen molar-refractivity contribution in [1.82, 2.24) is 0 Å². The Morgan fingerprint density at radius 2 is 2.08 bits per heavy atom. The van der Waals surface area contributed by atoms with E-state index in [2.05, 4.69) is 4.74 Å². The fourth-order valence-corrected chi connectivity index (χ4v) is 0.988. The molecular formula is C9H18O3. The van der Waals surface area contributed by atoms with Gasteiger partial charge in [0.25, 0.3) is 0 Å². The predicted octanol–water partition coefficient (Wildman–Crippen LogP) is 1.49. The number of aliphatic hydroxyl groups is 1. The first-order chi connectivity index (χ1) is 5.66. The molecule has 0 aliphatic carbocycles. The van der Waals surface area contributed by atoms with Crippen molar-refractivity contribution >= 4 is 5.97 Å². The Labute approximate surface area is 73.7 Å². The zero-order valence-electron chi connectivity index (χ0n) is 7.88. The average molecular weight is 174 g/mol. The molecule has 0 bridgehead atoms. The third kappa shape index (κ3) is 7.54. The van der Waals surface area contributed by atoms with Crippen LogP contribution in [0.1, 0.15) is 39.0 Å². The molecule has 0 aromatic carbocycles. The Morgan fingerprint density at radius 3 is 2.58 bits per heavy atom. The summed E-state index contributed by atoms with van der Waals surface area (Å²) in [6.45, 7) is 1.78. The molecule has 0 aliphatic heterocycles. The summed E-state index contributed by atoms with van der Waals surface area (Å²) in [5.74, 6) is -0.146. The highest BCUT2D eigenvalue weighted by Gasteiger charge is 2.00. The van der Waals surface area contributed by atoms with E-state index in [1.807, 2.05) is 0 Å². The summed E-state index contributed by atoms with van der Waals surface area (Å²) in [5, 5.41) is 8.92. The van der Waals surface area contributed by atoms with Gasteiger partial charge in [0.2, 0.25) is 0 Å². The quantitative estimate of drug-likeness (QED) is 0.490. The Hall–Kier alpha value is -0.570. The Bertz CT molecular complexity index is 121. The number of rotatable bonds is 6. The fraction of sp³-hybridized carbons (Fsp3) is 0.889. The number of esters is 1. The topological polar surface area (TPSA) is 46.5 Å². The zero-order chi connectivity index (χ0) is 9.40. The molecule has 0 heterocycles. The number of carbonyl (C=O) groups is 1. The van der Waals surface area contributed by atoms with Gasteiger partial charge in [0.15, 0.2) is 0 Å². The van der Waals surface area contributed by atoms with Crippen LogP contribution in [-0.2, 0) is 9.53 Å². The van der Waals surface area contributed by atoms with Gasteiger partial charge >= 0.3 is 5.97 Å². The van der Waals surface area contributed by atoms with Gasteiger partial charge in [-0.05, 0) is 19.8 Å². The van der Waals surface area contributed by atoms with Crippen LogP contribution in [0.15, 0.2) is 0 Å². The summed E-state index contributed by atoms with van der Waals surface area (Å²) < 4.78 is 4.49. The first kappa shape index (κ1) is 11.4. The van der Waals surface area contributed by atoms with Gasteiger partial charge < -0.3 is 9.84 Å². The maximum Gasteiger partial charge on any atom is 0.305 e. The summed E-state index contributed by atoms with van der Waals surface area (Å²) in [7, 11) is 1.40. The second-order valence-corrected chi connectivity index (χ2v) is 3.02. The minimum Gasteiger partial charge on any atom is -0.469 e. The lowest BCUT2D eigenvalue weighted by Gasteiger charge is -2.02. The highest BCUT2D eigenvalue weighted by molar-refractivity contribution is 5.68. The molecule has 0 amide bonds. The maximum absolute atomic E-state index is 10.6. The van der Waals surface area contributed by atoms with E-state index in [0.29, 0.717) is 6.42 Å². The first-order valence-electron chi connectivity index (χ1n) is 4.41. The van der Waals surface area contributed by atoms with Crippen LogP contribution in [0.3, 0.4) is 0 Å². The summed E-state index contributed by atoms with van der Waals surface area (Å²) in [4.78, 5) is 10.6. The molecule has 0 aliphatic rings. The summed E-state index contributed by atoms with van der Waals surface area (Å²) in [6.07, 6.45) is 3.93. The van der Waals surface area contributed by atoms with Crippen LogP contribution in [0, 0.1) is 0 Å². The molecule has 3 nitrogen and oxygen atoms in total. The van der Waals surface area contributed by atoms with Gasteiger partial charge in [0.05, 0.1) is 13.2 Å². The predicted molar refractivity (Wildman–Crippen MR) is 46.8 cm³/mol. The summed E-state index contributed by atoms with van der Waals surface area (Å²) in [6, 6.07) is 0. The third-order valence-corrected chi connectivity index (χ3v) is 1.73. The molecule has 0 aromatic rings. The number of hydrogen-bond donors (Lipinski definition) is 1. The molecule has 0 fully saturated rings. The molecule has 0 rings (SSSR count). The Kier molecular flexibility index (Phi) is 6.76. The average Bonchev–Trinajstić information content (AvgIpc) is 2.03. The number of ether oxygens (including phenoxy) is 1. The molecule has 1 N–H and O–H groups in total. The number of hydrogen-bond acceptors (Lipinski definition) is 3. The van der Waals surface area contributed by atoms with Crippen LogP contribution in [0.5, 0.6) is 0 Å². The number of unbranched alkanes of at least 4 members (excludes halogenated alkanes) is 2. The molecule has 0 aromatic heterocycles. The van der Waals surface area contributed by atoms with Crippen LogP contribution in [-0.4, -0.2) is 24.3 Å². The number of aliphatic hydroxyl groups excluding tert-OH is 1. The second kappa shape index (κ2) is 7.10. The van der Waals surface area contributed by atoms with E-state index in [4.69, 9.17) is 5.11 Å². The highest BCUT2D eigenvalue weighted by Crippen LogP contribution is 2.05. The van der Waals surface area contributed by atoms with Gasteiger partial charge in [-0.15, -0.1) is 0 Å². The van der Waals surface area contributed by atoms with Crippen molar-refractivity contribution in [2.45, 2.75) is 45.1 Å². The molecule has 0 radical (unpaired) electrons. The lowest BCUT2D eigenvalue weighted by atomic mass is 10.1. The lowest BCUT2D eigenvalue weighted by molar-refractivity contribution is -0.140. The monoisotopic (exact) mass is 174 g/mol. The van der Waals surface area contributed by atoms with Crippen LogP contribution < -0.4 is 0 Å². The van der Waals surface area contributed by atoms with Crippen molar-refractivity contribution in [2.24, 2.45) is 0 Å². The van der Waals surface area contributed by atoms with Gasteiger partial charge in [-0.25, -0.2) is 0 Å². The van der Waals surface area contributed by atoms with Crippen molar-refractivity contribution in [2.75, 3.05) is 7.11 Å². The minimum atomic E-state index is -0.219. The molecular weight excluding hydrogens is 156 g/mol. The first-order valence-corrected chi connectivity index (χ1v) is 4.41. The SMILES string of the molecule is COC(=O)CCCCCC(C)O. The maximum atomic E-state index is 10.6. The van der Waals surface area contributed by atoms with E-state index in [0.717, 1.165) is 25.7 Å². The van der Waals surface area contributed by atoms with Gasteiger partial charge in [0, 0.05) is 6.42 Å². The van der Waals surface area contributed by atoms with Gasteiger partial charge in [-0.1, -0.05) is 12.8 Å². The highest BCUT2D eigenvalue weighted by atomic mass is 16.5. The normalized spacial score (nSPS) is 12.6. The molecule has 0 spiro atoms. The zero-order valence-corrected chi connectivity index (χ0v) is 7.88. The Balaban J connectivity index is 3.05. The van der Waals surface area contributed by atoms with Crippen LogP contribution in [0.4, 0.5) is 0 Å². The van der Waals surface area contributed by atoms with Crippen molar-refractivity contribution in [3.8, 4) is 0 Å². The van der Waals surface area contributed by atoms with Crippen LogP contribution >= 0.6 is 0 Å². The molecule has 72 valence electrons. The van der Waals surface area contributed by atoms with E-state index in [-0.39, 0.29) is 12.1 Å². The van der Waals surface area contributed by atoms with Crippen molar-refractivity contribution in [3.05, 3.63) is 0 Å². The number of carbonyl (C=O) groups excluding carboxylic acids is 1. The smallest absolute Gasteiger partial charge is 0.305 e. The van der Waals surface area contributed by atoms with Gasteiger partial charge in [-0.2, -0.15) is 0 Å². The fourth-order valence-electron chi connectivity index (χ4n) is 0.988. The van der Waals surface area contributed by atoms with E-state index in [9.17, 15) is 4.79 Å². The molecule has 1 atom stereocenters. The molecule has 12 heavy (non-hydrogen) atoms. The second-order valence-electron chi connectivity index (χ2n) is 3.02. The molecule has 3 heteroatoms. The molecule has 0 saturated carbocycles. The van der Waals surface area contributed by atoms with Crippen LogP contribution in [0.2, 0.25) is 0 Å². The van der Waals surface area contributed by atoms with E-state index in [1.54, 1.807) is 6.92 Å². The van der Waals surface area contributed by atoms with Crippen molar-refractivity contribution in [1.29, 1.82) is 0 Å². The largest absolute Gasteiger partial charge is 0.469 e. The molecule has 0 saturated heterocycles. The Morgan fingerprint density at radius 1 is 1.42 bits per heavy atom. The van der Waals surface area contributed by atoms with E-state index in [1.165, 1.54) is 7.11 Å². The summed E-state index contributed by atoms with van der Waals surface area (Å²) >= 11 is 0. The number of methoxy groups -OCH3 is 1. The third-order valence-electron chi connectivity index (χ3n) is 1.73.